The van der Waals surface area contributed by atoms with Crippen molar-refractivity contribution in [3.8, 4) is 0 Å². The number of rotatable bonds is 5. The summed E-state index contributed by atoms with van der Waals surface area (Å²) in [7, 11) is 1.88. The maximum atomic E-state index is 13.1. The Balaban J connectivity index is 1.68. The number of hydrogen-bond acceptors (Lipinski definition) is 3. The van der Waals surface area contributed by atoms with Gasteiger partial charge in [0.2, 0.25) is 0 Å². The second-order valence-corrected chi connectivity index (χ2v) is 7.94. The van der Waals surface area contributed by atoms with Gasteiger partial charge in [-0.1, -0.05) is 41.9 Å². The largest absolute Gasteiger partial charge is 0.327 e. The highest BCUT2D eigenvalue weighted by Crippen LogP contribution is 2.38. The van der Waals surface area contributed by atoms with Gasteiger partial charge in [-0.2, -0.15) is 5.10 Å². The number of aryl methyl sites for hydroxylation is 1. The minimum absolute atomic E-state index is 0.0539. The van der Waals surface area contributed by atoms with Crippen LogP contribution >= 0.6 is 23.4 Å². The molecular formula is C21H20ClN3OS. The molecule has 0 bridgehead atoms. The van der Waals surface area contributed by atoms with E-state index < -0.39 is 0 Å². The number of aromatic nitrogens is 2. The third kappa shape index (κ3) is 3.37. The van der Waals surface area contributed by atoms with Crippen molar-refractivity contribution in [3.63, 3.8) is 0 Å². The van der Waals surface area contributed by atoms with E-state index in [1.54, 1.807) is 22.6 Å². The van der Waals surface area contributed by atoms with Crippen LogP contribution in [0.15, 0.2) is 59.6 Å². The van der Waals surface area contributed by atoms with Crippen molar-refractivity contribution in [3.05, 3.63) is 82.1 Å². The summed E-state index contributed by atoms with van der Waals surface area (Å²) in [5, 5.41) is 4.88. The Hall–Kier alpha value is -2.24. The van der Waals surface area contributed by atoms with Crippen molar-refractivity contribution in [2.75, 3.05) is 6.26 Å². The summed E-state index contributed by atoms with van der Waals surface area (Å²) in [5.74, 6) is 0.0721. The molecule has 0 aliphatic carbocycles. The lowest BCUT2D eigenvalue weighted by molar-refractivity contribution is 0.0707. The molecule has 6 heteroatoms. The lowest BCUT2D eigenvalue weighted by atomic mass is 10.0. The second kappa shape index (κ2) is 7.41. The van der Waals surface area contributed by atoms with Crippen LogP contribution in [-0.4, -0.2) is 26.8 Å². The first kappa shape index (κ1) is 18.1. The van der Waals surface area contributed by atoms with E-state index in [1.807, 2.05) is 36.2 Å². The monoisotopic (exact) mass is 397 g/mol. The molecule has 4 rings (SSSR count). The molecule has 1 aliphatic rings. The van der Waals surface area contributed by atoms with E-state index in [0.717, 1.165) is 22.4 Å². The number of carbonyl (C=O) groups excluding carboxylic acids is 1. The fraction of sp³-hybridized carbons (Fsp3) is 0.238. The van der Waals surface area contributed by atoms with Crippen LogP contribution in [0.25, 0.3) is 0 Å². The van der Waals surface area contributed by atoms with E-state index in [1.165, 1.54) is 4.90 Å². The molecule has 1 aliphatic heterocycles. The second-order valence-electron chi connectivity index (χ2n) is 6.65. The zero-order valence-electron chi connectivity index (χ0n) is 15.2. The van der Waals surface area contributed by atoms with Crippen molar-refractivity contribution in [1.82, 2.24) is 14.7 Å². The van der Waals surface area contributed by atoms with Gasteiger partial charge in [0.05, 0.1) is 23.0 Å². The van der Waals surface area contributed by atoms with E-state index in [9.17, 15) is 4.79 Å². The molecule has 1 atom stereocenters. The molecule has 0 saturated carbocycles. The number of nitrogens with zero attached hydrogens (tertiary/aromatic N) is 3. The summed E-state index contributed by atoms with van der Waals surface area (Å²) in [6.45, 7) is 0.572. The van der Waals surface area contributed by atoms with Gasteiger partial charge in [0.1, 0.15) is 0 Å². The number of amides is 1. The Morgan fingerprint density at radius 1 is 1.15 bits per heavy atom. The van der Waals surface area contributed by atoms with E-state index in [0.29, 0.717) is 18.0 Å². The molecule has 2 aromatic carbocycles. The molecule has 0 spiro atoms. The number of halogens is 1. The Labute approximate surface area is 168 Å². The Morgan fingerprint density at radius 2 is 1.89 bits per heavy atom. The minimum Gasteiger partial charge on any atom is -0.327 e. The Bertz CT molecular complexity index is 964. The molecule has 1 amide bonds. The molecular weight excluding hydrogens is 378 g/mol. The SMILES string of the molecule is CSc1ccc(CN2C(=O)c3ccccc3C2Cc2c(Cl)cnn2C)cc1. The standard InChI is InChI=1S/C21H20ClN3OS/c1-24-20(18(22)12-23-24)11-19-16-5-3-4-6-17(16)21(26)25(19)13-14-7-9-15(27-2)10-8-14/h3-10,12,19H,11,13H2,1-2H3. The van der Waals surface area contributed by atoms with Gasteiger partial charge in [-0.3, -0.25) is 9.48 Å². The van der Waals surface area contributed by atoms with Crippen LogP contribution in [0.2, 0.25) is 5.02 Å². The molecule has 4 nitrogen and oxygen atoms in total. The van der Waals surface area contributed by atoms with Crippen LogP contribution in [-0.2, 0) is 20.0 Å². The van der Waals surface area contributed by atoms with Crippen LogP contribution in [0.4, 0.5) is 0 Å². The van der Waals surface area contributed by atoms with Crippen molar-refractivity contribution < 1.29 is 4.79 Å². The van der Waals surface area contributed by atoms with Gasteiger partial charge < -0.3 is 4.90 Å². The first-order valence-electron chi connectivity index (χ1n) is 8.77. The predicted molar refractivity (Wildman–Crippen MR) is 109 cm³/mol. The van der Waals surface area contributed by atoms with Gasteiger partial charge in [-0.05, 0) is 35.6 Å². The van der Waals surface area contributed by atoms with Crippen molar-refractivity contribution in [1.29, 1.82) is 0 Å². The minimum atomic E-state index is -0.0539. The van der Waals surface area contributed by atoms with E-state index >= 15 is 0 Å². The molecule has 2 heterocycles. The van der Waals surface area contributed by atoms with E-state index in [-0.39, 0.29) is 11.9 Å². The fourth-order valence-corrected chi connectivity index (χ4v) is 4.28. The maximum absolute atomic E-state index is 13.1. The van der Waals surface area contributed by atoms with Crippen molar-refractivity contribution >= 4 is 29.3 Å². The fourth-order valence-electron chi connectivity index (χ4n) is 3.63. The van der Waals surface area contributed by atoms with Crippen LogP contribution < -0.4 is 0 Å². The molecule has 0 radical (unpaired) electrons. The lowest BCUT2D eigenvalue weighted by Gasteiger charge is -2.26. The number of hydrogen-bond donors (Lipinski definition) is 0. The molecule has 0 N–H and O–H groups in total. The Kier molecular flexibility index (Phi) is 4.98. The molecule has 27 heavy (non-hydrogen) atoms. The van der Waals surface area contributed by atoms with Gasteiger partial charge >= 0.3 is 0 Å². The highest BCUT2D eigenvalue weighted by atomic mass is 35.5. The van der Waals surface area contributed by atoms with Gasteiger partial charge in [0.15, 0.2) is 0 Å². The Morgan fingerprint density at radius 3 is 2.56 bits per heavy atom. The summed E-state index contributed by atoms with van der Waals surface area (Å²) in [5.41, 5.74) is 3.89. The third-order valence-electron chi connectivity index (χ3n) is 5.10. The van der Waals surface area contributed by atoms with E-state index in [4.69, 9.17) is 11.6 Å². The lowest BCUT2D eigenvalue weighted by Crippen LogP contribution is -2.29. The normalized spacial score (nSPS) is 16.0. The summed E-state index contributed by atoms with van der Waals surface area (Å²) >= 11 is 8.05. The smallest absolute Gasteiger partial charge is 0.255 e. The average molecular weight is 398 g/mol. The summed E-state index contributed by atoms with van der Waals surface area (Å²) < 4.78 is 1.79. The maximum Gasteiger partial charge on any atom is 0.255 e. The van der Waals surface area contributed by atoms with Crippen molar-refractivity contribution in [2.45, 2.75) is 23.9 Å². The van der Waals surface area contributed by atoms with Crippen molar-refractivity contribution in [2.24, 2.45) is 7.05 Å². The zero-order chi connectivity index (χ0) is 19.0. The van der Waals surface area contributed by atoms with Crippen LogP contribution in [0.1, 0.15) is 33.2 Å². The number of carbonyl (C=O) groups is 1. The molecule has 0 fully saturated rings. The first-order valence-corrected chi connectivity index (χ1v) is 10.4. The highest BCUT2D eigenvalue weighted by molar-refractivity contribution is 7.98. The summed E-state index contributed by atoms with van der Waals surface area (Å²) in [6.07, 6.45) is 4.36. The third-order valence-corrected chi connectivity index (χ3v) is 6.16. The summed E-state index contributed by atoms with van der Waals surface area (Å²) in [6, 6.07) is 16.2. The first-order chi connectivity index (χ1) is 13.1. The summed E-state index contributed by atoms with van der Waals surface area (Å²) in [4.78, 5) is 16.3. The molecule has 1 unspecified atom stereocenters. The van der Waals surface area contributed by atoms with E-state index in [2.05, 4.69) is 35.6 Å². The highest BCUT2D eigenvalue weighted by Gasteiger charge is 2.37. The molecule has 3 aromatic rings. The van der Waals surface area contributed by atoms with Gasteiger partial charge in [0, 0.05) is 30.5 Å². The van der Waals surface area contributed by atoms with Gasteiger partial charge in [-0.25, -0.2) is 0 Å². The average Bonchev–Trinajstić information content (AvgIpc) is 3.15. The molecule has 138 valence electrons. The van der Waals surface area contributed by atoms with Crippen LogP contribution in [0, 0.1) is 0 Å². The van der Waals surface area contributed by atoms with Gasteiger partial charge in [0.25, 0.3) is 5.91 Å². The quantitative estimate of drug-likeness (QED) is 0.584. The number of fused-ring (bicyclic) bond motifs is 1. The number of benzene rings is 2. The predicted octanol–water partition coefficient (Wildman–Crippen LogP) is 4.74. The zero-order valence-corrected chi connectivity index (χ0v) is 16.8. The topological polar surface area (TPSA) is 38.1 Å². The van der Waals surface area contributed by atoms with Crippen LogP contribution in [0.5, 0.6) is 0 Å². The number of thioether (sulfide) groups is 1. The van der Waals surface area contributed by atoms with Gasteiger partial charge in [-0.15, -0.1) is 11.8 Å². The molecule has 1 aromatic heterocycles. The van der Waals surface area contributed by atoms with Crippen LogP contribution in [0.3, 0.4) is 0 Å². The molecule has 0 saturated heterocycles.